The highest BCUT2D eigenvalue weighted by Crippen LogP contribution is 2.26. The summed E-state index contributed by atoms with van der Waals surface area (Å²) in [6.07, 6.45) is 7.97. The zero-order valence-electron chi connectivity index (χ0n) is 15.1. The zero-order chi connectivity index (χ0) is 16.9. The molecule has 4 rings (SSSR count). The van der Waals surface area contributed by atoms with Crippen molar-refractivity contribution in [2.24, 2.45) is 11.8 Å². The topological polar surface area (TPSA) is 57.5 Å². The van der Waals surface area contributed by atoms with Gasteiger partial charge in [0, 0.05) is 45.7 Å². The molecule has 6 heteroatoms. The van der Waals surface area contributed by atoms with E-state index in [9.17, 15) is 0 Å². The molecule has 3 aliphatic heterocycles. The van der Waals surface area contributed by atoms with E-state index >= 15 is 0 Å². The maximum atomic E-state index is 6.01. The molecule has 3 aliphatic rings. The van der Waals surface area contributed by atoms with Gasteiger partial charge >= 0.3 is 0 Å². The fourth-order valence-electron chi connectivity index (χ4n) is 4.14. The Morgan fingerprint density at radius 1 is 0.960 bits per heavy atom. The zero-order valence-corrected chi connectivity index (χ0v) is 15.1. The maximum absolute atomic E-state index is 6.01. The number of nitrogens with one attached hydrogen (secondary N) is 1. The van der Waals surface area contributed by atoms with Gasteiger partial charge < -0.3 is 19.5 Å². The van der Waals surface area contributed by atoms with Gasteiger partial charge in [0.15, 0.2) is 0 Å². The molecule has 1 atom stereocenters. The highest BCUT2D eigenvalue weighted by Gasteiger charge is 2.26. The monoisotopic (exact) mass is 349 g/mol. The van der Waals surface area contributed by atoms with Crippen molar-refractivity contribution in [2.45, 2.75) is 44.8 Å². The molecule has 0 unspecified atom stereocenters. The average molecular weight is 349 g/mol. The van der Waals surface area contributed by atoms with Crippen LogP contribution in [-0.4, -0.2) is 55.9 Å². The number of hydrogen-bond donors (Lipinski definition) is 1. The third-order valence-corrected chi connectivity index (χ3v) is 5.76. The summed E-state index contributed by atoms with van der Waals surface area (Å²) in [4.78, 5) is 0. The molecule has 1 aromatic heterocycles. The molecule has 0 spiro atoms. The molecule has 140 valence electrons. The molecule has 2 fully saturated rings. The third-order valence-electron chi connectivity index (χ3n) is 5.76. The quantitative estimate of drug-likeness (QED) is 0.851. The van der Waals surface area contributed by atoms with Crippen LogP contribution in [0.2, 0.25) is 0 Å². The highest BCUT2D eigenvalue weighted by molar-refractivity contribution is 5.22. The summed E-state index contributed by atoms with van der Waals surface area (Å²) in [5, 5.41) is 8.49. The van der Waals surface area contributed by atoms with Gasteiger partial charge in [-0.3, -0.25) is 4.68 Å². The molecule has 1 aromatic rings. The molecule has 4 heterocycles. The van der Waals surface area contributed by atoms with E-state index in [0.29, 0.717) is 5.92 Å². The molecule has 25 heavy (non-hydrogen) atoms. The molecule has 1 N–H and O–H groups in total. The molecular formula is C19H31N3O3. The van der Waals surface area contributed by atoms with Crippen LogP contribution in [0.4, 0.5) is 0 Å². The second kappa shape index (κ2) is 8.62. The Morgan fingerprint density at radius 3 is 2.44 bits per heavy atom. The van der Waals surface area contributed by atoms with Gasteiger partial charge in [-0.2, -0.15) is 5.10 Å². The summed E-state index contributed by atoms with van der Waals surface area (Å²) in [5.41, 5.74) is 2.52. The van der Waals surface area contributed by atoms with E-state index in [1.165, 1.54) is 18.4 Å². The predicted molar refractivity (Wildman–Crippen MR) is 94.6 cm³/mol. The first kappa shape index (κ1) is 17.5. The fraction of sp³-hybridized carbons (Fsp3) is 0.842. The van der Waals surface area contributed by atoms with Crippen molar-refractivity contribution < 1.29 is 14.2 Å². The molecule has 2 saturated heterocycles. The van der Waals surface area contributed by atoms with E-state index < -0.39 is 0 Å². The molecule has 0 saturated carbocycles. The Bertz CT molecular complexity index is 536. The van der Waals surface area contributed by atoms with Gasteiger partial charge in [0.2, 0.25) is 0 Å². The van der Waals surface area contributed by atoms with Crippen molar-refractivity contribution in [3.05, 3.63) is 17.5 Å². The van der Waals surface area contributed by atoms with Crippen LogP contribution in [0.1, 0.15) is 43.0 Å². The van der Waals surface area contributed by atoms with Gasteiger partial charge in [0.25, 0.3) is 0 Å². The first-order valence-corrected chi connectivity index (χ1v) is 9.92. The van der Waals surface area contributed by atoms with Crippen LogP contribution >= 0.6 is 0 Å². The van der Waals surface area contributed by atoms with Crippen molar-refractivity contribution in [1.29, 1.82) is 0 Å². The van der Waals surface area contributed by atoms with E-state index in [1.807, 2.05) is 0 Å². The molecule has 0 aliphatic carbocycles. The Kier molecular flexibility index (Phi) is 6.02. The lowest BCUT2D eigenvalue weighted by Crippen LogP contribution is -2.33. The lowest BCUT2D eigenvalue weighted by Gasteiger charge is -2.25. The molecule has 0 radical (unpaired) electrons. The molecule has 6 nitrogen and oxygen atoms in total. The smallest absolute Gasteiger partial charge is 0.114 e. The second-order valence-electron chi connectivity index (χ2n) is 7.64. The Labute approximate surface area is 150 Å². The van der Waals surface area contributed by atoms with Crippen LogP contribution in [0.5, 0.6) is 0 Å². The summed E-state index contributed by atoms with van der Waals surface area (Å²) in [5.74, 6) is 1.43. The van der Waals surface area contributed by atoms with Gasteiger partial charge in [-0.25, -0.2) is 0 Å². The maximum Gasteiger partial charge on any atom is 0.114 e. The SMILES string of the molecule is c1c2c(nn1CC1CCOCC1)[C@H](CNCC1CCOCC1)OCC2. The van der Waals surface area contributed by atoms with Crippen LogP contribution in [0.25, 0.3) is 0 Å². The van der Waals surface area contributed by atoms with Crippen molar-refractivity contribution in [3.8, 4) is 0 Å². The number of aromatic nitrogens is 2. The molecule has 0 aromatic carbocycles. The van der Waals surface area contributed by atoms with Gasteiger partial charge in [-0.15, -0.1) is 0 Å². The largest absolute Gasteiger partial charge is 0.381 e. The van der Waals surface area contributed by atoms with Gasteiger partial charge in [-0.1, -0.05) is 0 Å². The first-order chi connectivity index (χ1) is 12.4. The van der Waals surface area contributed by atoms with Crippen LogP contribution in [0, 0.1) is 11.8 Å². The Balaban J connectivity index is 1.31. The van der Waals surface area contributed by atoms with Crippen LogP contribution in [-0.2, 0) is 27.2 Å². The van der Waals surface area contributed by atoms with Crippen molar-refractivity contribution in [3.63, 3.8) is 0 Å². The number of ether oxygens (including phenoxy) is 3. The average Bonchev–Trinajstić information content (AvgIpc) is 3.07. The van der Waals surface area contributed by atoms with Crippen molar-refractivity contribution in [1.82, 2.24) is 15.1 Å². The van der Waals surface area contributed by atoms with E-state index in [4.69, 9.17) is 19.3 Å². The van der Waals surface area contributed by atoms with E-state index in [2.05, 4.69) is 16.2 Å². The lowest BCUT2D eigenvalue weighted by atomic mass is 10.00. The van der Waals surface area contributed by atoms with E-state index in [1.54, 1.807) is 0 Å². The highest BCUT2D eigenvalue weighted by atomic mass is 16.5. The number of fused-ring (bicyclic) bond motifs is 1. The minimum atomic E-state index is 0.0968. The summed E-state index contributed by atoms with van der Waals surface area (Å²) >= 11 is 0. The predicted octanol–water partition coefficient (Wildman–Crippen LogP) is 1.94. The van der Waals surface area contributed by atoms with Gasteiger partial charge in [0.1, 0.15) is 6.10 Å². The second-order valence-corrected chi connectivity index (χ2v) is 7.64. The van der Waals surface area contributed by atoms with E-state index in [0.717, 1.165) is 83.5 Å². The Hall–Kier alpha value is -0.950. The lowest BCUT2D eigenvalue weighted by molar-refractivity contribution is 0.0349. The van der Waals surface area contributed by atoms with Gasteiger partial charge in [-0.05, 0) is 56.0 Å². The fourth-order valence-corrected chi connectivity index (χ4v) is 4.14. The molecule has 0 amide bonds. The number of hydrogen-bond acceptors (Lipinski definition) is 5. The Morgan fingerprint density at radius 2 is 1.68 bits per heavy atom. The van der Waals surface area contributed by atoms with Crippen molar-refractivity contribution >= 4 is 0 Å². The normalized spacial score (nSPS) is 25.8. The van der Waals surface area contributed by atoms with E-state index in [-0.39, 0.29) is 6.10 Å². The minimum Gasteiger partial charge on any atom is -0.381 e. The summed E-state index contributed by atoms with van der Waals surface area (Å²) < 4.78 is 19.1. The van der Waals surface area contributed by atoms with Crippen molar-refractivity contribution in [2.75, 3.05) is 46.1 Å². The standard InChI is InChI=1S/C19H31N3O3/c1-6-23-7-2-15(1)11-20-12-18-19-17(5-10-25-18)14-22(21-19)13-16-3-8-24-9-4-16/h14-16,18,20H,1-13H2/t18-/m0/s1. The minimum absolute atomic E-state index is 0.0968. The number of rotatable bonds is 6. The molecular weight excluding hydrogens is 318 g/mol. The van der Waals surface area contributed by atoms with Crippen LogP contribution < -0.4 is 5.32 Å². The third kappa shape index (κ3) is 4.61. The number of nitrogens with zero attached hydrogens (tertiary/aromatic N) is 2. The summed E-state index contributed by atoms with van der Waals surface area (Å²) in [6, 6.07) is 0. The van der Waals surface area contributed by atoms with Crippen LogP contribution in [0.3, 0.4) is 0 Å². The van der Waals surface area contributed by atoms with Crippen LogP contribution in [0.15, 0.2) is 6.20 Å². The first-order valence-electron chi connectivity index (χ1n) is 9.92. The van der Waals surface area contributed by atoms with Gasteiger partial charge in [0.05, 0.1) is 12.3 Å². The summed E-state index contributed by atoms with van der Waals surface area (Å²) in [7, 11) is 0. The molecule has 0 bridgehead atoms. The summed E-state index contributed by atoms with van der Waals surface area (Å²) in [6.45, 7) is 7.35.